The fraction of sp³-hybridized carbons (Fsp3) is 0.938. The standard InChI is InChI=1S/C16H31N3O2.HI/c1-17-16(18-8-3-10-20-12-14-4-5-14)19(2)9-11-21-13-15-6-7-15;/h14-15H,3-13H2,1-2H3,(H,17,18);1H. The highest BCUT2D eigenvalue weighted by atomic mass is 127. The maximum Gasteiger partial charge on any atom is 0.193 e. The number of rotatable bonds is 11. The molecule has 130 valence electrons. The molecule has 0 bridgehead atoms. The Morgan fingerprint density at radius 2 is 1.68 bits per heavy atom. The molecular formula is C16H32IN3O2. The first-order chi connectivity index (χ1) is 10.3. The fourth-order valence-electron chi connectivity index (χ4n) is 2.14. The van der Waals surface area contributed by atoms with Crippen LogP contribution >= 0.6 is 24.0 Å². The number of ether oxygens (including phenoxy) is 2. The molecule has 5 nitrogen and oxygen atoms in total. The molecule has 2 rings (SSSR count). The Morgan fingerprint density at radius 1 is 1.09 bits per heavy atom. The molecule has 0 radical (unpaired) electrons. The molecule has 2 saturated carbocycles. The van der Waals surface area contributed by atoms with Crippen molar-refractivity contribution >= 4 is 29.9 Å². The molecule has 2 fully saturated rings. The van der Waals surface area contributed by atoms with Crippen LogP contribution in [-0.2, 0) is 9.47 Å². The summed E-state index contributed by atoms with van der Waals surface area (Å²) in [6.07, 6.45) is 6.44. The number of likely N-dealkylation sites (N-methyl/N-ethyl adjacent to an activating group) is 1. The first kappa shape index (κ1) is 20.0. The van der Waals surface area contributed by atoms with Gasteiger partial charge in [-0.25, -0.2) is 0 Å². The van der Waals surface area contributed by atoms with Crippen molar-refractivity contribution in [2.24, 2.45) is 16.8 Å². The number of nitrogens with zero attached hydrogens (tertiary/aromatic N) is 2. The minimum Gasteiger partial charge on any atom is -0.381 e. The van der Waals surface area contributed by atoms with Crippen molar-refractivity contribution in [2.75, 3.05) is 53.6 Å². The van der Waals surface area contributed by atoms with E-state index in [1.807, 2.05) is 7.05 Å². The molecule has 0 aromatic rings. The molecule has 22 heavy (non-hydrogen) atoms. The van der Waals surface area contributed by atoms with Crippen LogP contribution in [-0.4, -0.2) is 64.5 Å². The van der Waals surface area contributed by atoms with Crippen molar-refractivity contribution in [3.63, 3.8) is 0 Å². The number of guanidine groups is 1. The van der Waals surface area contributed by atoms with Gasteiger partial charge in [0.1, 0.15) is 0 Å². The minimum atomic E-state index is 0. The van der Waals surface area contributed by atoms with E-state index in [-0.39, 0.29) is 24.0 Å². The maximum absolute atomic E-state index is 5.66. The van der Waals surface area contributed by atoms with Crippen molar-refractivity contribution in [1.82, 2.24) is 10.2 Å². The van der Waals surface area contributed by atoms with E-state index in [1.54, 1.807) is 0 Å². The minimum absolute atomic E-state index is 0. The van der Waals surface area contributed by atoms with Crippen LogP contribution in [0.15, 0.2) is 4.99 Å². The van der Waals surface area contributed by atoms with Gasteiger partial charge in [0.05, 0.1) is 6.61 Å². The van der Waals surface area contributed by atoms with E-state index < -0.39 is 0 Å². The van der Waals surface area contributed by atoms with Crippen LogP contribution in [0.3, 0.4) is 0 Å². The lowest BCUT2D eigenvalue weighted by atomic mass is 10.4. The first-order valence-electron chi connectivity index (χ1n) is 8.37. The van der Waals surface area contributed by atoms with Gasteiger partial charge in [-0.1, -0.05) is 0 Å². The summed E-state index contributed by atoms with van der Waals surface area (Å²) in [5, 5.41) is 3.38. The lowest BCUT2D eigenvalue weighted by Crippen LogP contribution is -2.41. The summed E-state index contributed by atoms with van der Waals surface area (Å²) in [4.78, 5) is 6.43. The Hall–Kier alpha value is -0.0800. The zero-order valence-corrected chi connectivity index (χ0v) is 16.4. The average molecular weight is 425 g/mol. The van der Waals surface area contributed by atoms with Crippen molar-refractivity contribution in [2.45, 2.75) is 32.1 Å². The van der Waals surface area contributed by atoms with Crippen molar-refractivity contribution < 1.29 is 9.47 Å². The molecule has 0 saturated heterocycles. The summed E-state index contributed by atoms with van der Waals surface area (Å²) in [7, 11) is 3.88. The molecule has 2 aliphatic rings. The highest BCUT2D eigenvalue weighted by Gasteiger charge is 2.21. The van der Waals surface area contributed by atoms with E-state index in [9.17, 15) is 0 Å². The van der Waals surface area contributed by atoms with Crippen LogP contribution in [0, 0.1) is 11.8 Å². The van der Waals surface area contributed by atoms with E-state index in [2.05, 4.69) is 22.3 Å². The molecule has 0 aliphatic heterocycles. The summed E-state index contributed by atoms with van der Waals surface area (Å²) in [6.45, 7) is 5.28. The Balaban J connectivity index is 0.00000242. The van der Waals surface area contributed by atoms with Crippen molar-refractivity contribution in [1.29, 1.82) is 0 Å². The second-order valence-corrected chi connectivity index (χ2v) is 6.29. The zero-order valence-electron chi connectivity index (χ0n) is 14.1. The third-order valence-corrected chi connectivity index (χ3v) is 3.99. The van der Waals surface area contributed by atoms with Gasteiger partial charge in [0, 0.05) is 47.0 Å². The van der Waals surface area contributed by atoms with Gasteiger partial charge in [-0.05, 0) is 43.9 Å². The number of aliphatic imine (C=N–C) groups is 1. The van der Waals surface area contributed by atoms with Gasteiger partial charge >= 0.3 is 0 Å². The molecule has 2 aliphatic carbocycles. The topological polar surface area (TPSA) is 46.1 Å². The third kappa shape index (κ3) is 9.15. The zero-order chi connectivity index (χ0) is 14.9. The Kier molecular flexibility index (Phi) is 10.4. The molecule has 0 heterocycles. The summed E-state index contributed by atoms with van der Waals surface area (Å²) in [5.41, 5.74) is 0. The van der Waals surface area contributed by atoms with E-state index in [0.29, 0.717) is 0 Å². The molecular weight excluding hydrogens is 393 g/mol. The van der Waals surface area contributed by atoms with Gasteiger partial charge in [0.25, 0.3) is 0 Å². The van der Waals surface area contributed by atoms with Crippen molar-refractivity contribution in [3.05, 3.63) is 0 Å². The van der Waals surface area contributed by atoms with E-state index in [1.165, 1.54) is 25.7 Å². The molecule has 0 aromatic carbocycles. The second-order valence-electron chi connectivity index (χ2n) is 6.29. The predicted molar refractivity (Wildman–Crippen MR) is 101 cm³/mol. The third-order valence-electron chi connectivity index (χ3n) is 3.99. The smallest absolute Gasteiger partial charge is 0.193 e. The van der Waals surface area contributed by atoms with Crippen LogP contribution < -0.4 is 5.32 Å². The summed E-state index contributed by atoms with van der Waals surface area (Å²) in [6, 6.07) is 0. The number of halogens is 1. The highest BCUT2D eigenvalue weighted by molar-refractivity contribution is 14.0. The van der Waals surface area contributed by atoms with Gasteiger partial charge in [0.2, 0.25) is 0 Å². The Labute approximate surface area is 152 Å². The quantitative estimate of drug-likeness (QED) is 0.239. The maximum atomic E-state index is 5.66. The van der Waals surface area contributed by atoms with Gasteiger partial charge < -0.3 is 19.7 Å². The van der Waals surface area contributed by atoms with Crippen LogP contribution in [0.1, 0.15) is 32.1 Å². The summed E-state index contributed by atoms with van der Waals surface area (Å²) >= 11 is 0. The van der Waals surface area contributed by atoms with E-state index in [4.69, 9.17) is 9.47 Å². The molecule has 0 amide bonds. The largest absolute Gasteiger partial charge is 0.381 e. The predicted octanol–water partition coefficient (Wildman–Crippen LogP) is 2.35. The highest BCUT2D eigenvalue weighted by Crippen LogP contribution is 2.29. The molecule has 0 atom stereocenters. The van der Waals surface area contributed by atoms with Gasteiger partial charge in [-0.3, -0.25) is 4.99 Å². The lowest BCUT2D eigenvalue weighted by Gasteiger charge is -2.22. The fourth-order valence-corrected chi connectivity index (χ4v) is 2.14. The first-order valence-corrected chi connectivity index (χ1v) is 8.37. The molecule has 0 aromatic heterocycles. The number of hydrogen-bond acceptors (Lipinski definition) is 3. The van der Waals surface area contributed by atoms with Crippen molar-refractivity contribution in [3.8, 4) is 0 Å². The SMILES string of the molecule is CN=C(NCCCOCC1CC1)N(C)CCOCC1CC1.I. The lowest BCUT2D eigenvalue weighted by molar-refractivity contribution is 0.114. The second kappa shape index (κ2) is 11.5. The summed E-state index contributed by atoms with van der Waals surface area (Å²) in [5.74, 6) is 2.63. The Bertz CT molecular complexity index is 321. The van der Waals surface area contributed by atoms with Crippen LogP contribution in [0.5, 0.6) is 0 Å². The van der Waals surface area contributed by atoms with Crippen LogP contribution in [0.4, 0.5) is 0 Å². The number of hydrogen-bond donors (Lipinski definition) is 1. The monoisotopic (exact) mass is 425 g/mol. The van der Waals surface area contributed by atoms with Gasteiger partial charge in [0.15, 0.2) is 5.96 Å². The van der Waals surface area contributed by atoms with E-state index >= 15 is 0 Å². The molecule has 6 heteroatoms. The number of nitrogens with one attached hydrogen (secondary N) is 1. The molecule has 0 spiro atoms. The summed E-state index contributed by atoms with van der Waals surface area (Å²) < 4.78 is 11.3. The average Bonchev–Trinajstić information content (AvgIpc) is 3.37. The van der Waals surface area contributed by atoms with Gasteiger partial charge in [-0.15, -0.1) is 24.0 Å². The normalized spacial score (nSPS) is 18.0. The van der Waals surface area contributed by atoms with Crippen LogP contribution in [0.2, 0.25) is 0 Å². The van der Waals surface area contributed by atoms with Crippen LogP contribution in [0.25, 0.3) is 0 Å². The van der Waals surface area contributed by atoms with Gasteiger partial charge in [-0.2, -0.15) is 0 Å². The Morgan fingerprint density at radius 3 is 2.23 bits per heavy atom. The molecule has 1 N–H and O–H groups in total. The molecule has 0 unspecified atom stereocenters. The van der Waals surface area contributed by atoms with E-state index in [0.717, 1.165) is 63.7 Å².